The molecule has 0 atom stereocenters. The Bertz CT molecular complexity index is 511. The molecule has 0 unspecified atom stereocenters. The lowest BCUT2D eigenvalue weighted by molar-refractivity contribution is -0.142. The first-order valence-electron chi connectivity index (χ1n) is 6.13. The molecule has 0 spiro atoms. The van der Waals surface area contributed by atoms with Gasteiger partial charge in [-0.2, -0.15) is 13.2 Å². The Labute approximate surface area is 122 Å². The summed E-state index contributed by atoms with van der Waals surface area (Å²) in [5.41, 5.74) is -0.579. The minimum Gasteiger partial charge on any atom is -0.481 e. The van der Waals surface area contributed by atoms with Crippen molar-refractivity contribution in [1.29, 1.82) is 0 Å². The lowest BCUT2D eigenvalue weighted by atomic mass is 9.96. The molecule has 110 valence electrons. The van der Waals surface area contributed by atoms with Crippen LogP contribution in [0.5, 0.6) is 0 Å². The van der Waals surface area contributed by atoms with Gasteiger partial charge in [0, 0.05) is 17.6 Å². The second kappa shape index (κ2) is 5.63. The fourth-order valence-electron chi connectivity index (χ4n) is 2.37. The molecule has 1 aliphatic heterocycles. The minimum absolute atomic E-state index is 0.107. The summed E-state index contributed by atoms with van der Waals surface area (Å²) in [7, 11) is 0. The molecule has 7 heteroatoms. The van der Waals surface area contributed by atoms with Crippen molar-refractivity contribution < 1.29 is 23.1 Å². The van der Waals surface area contributed by atoms with Crippen LogP contribution >= 0.6 is 15.9 Å². The number of anilines is 1. The van der Waals surface area contributed by atoms with E-state index in [4.69, 9.17) is 5.11 Å². The summed E-state index contributed by atoms with van der Waals surface area (Å²) < 4.78 is 39.6. The third-order valence-electron chi connectivity index (χ3n) is 3.45. The van der Waals surface area contributed by atoms with Crippen molar-refractivity contribution >= 4 is 27.6 Å². The van der Waals surface area contributed by atoms with Crippen LogP contribution in [0.15, 0.2) is 22.7 Å². The number of rotatable bonds is 2. The molecule has 0 aliphatic carbocycles. The number of halogens is 4. The minimum atomic E-state index is -4.42. The molecule has 1 aromatic carbocycles. The van der Waals surface area contributed by atoms with E-state index < -0.39 is 23.6 Å². The Morgan fingerprint density at radius 1 is 1.30 bits per heavy atom. The van der Waals surface area contributed by atoms with Gasteiger partial charge in [-0.15, -0.1) is 0 Å². The average molecular weight is 352 g/mol. The summed E-state index contributed by atoms with van der Waals surface area (Å²) in [6.07, 6.45) is -3.70. The van der Waals surface area contributed by atoms with Gasteiger partial charge in [0.1, 0.15) is 0 Å². The number of hydrogen-bond acceptors (Lipinski definition) is 2. The molecule has 1 aromatic rings. The number of carbonyl (C=O) groups is 1. The van der Waals surface area contributed by atoms with E-state index in [9.17, 15) is 18.0 Å². The van der Waals surface area contributed by atoms with Crippen molar-refractivity contribution in [2.75, 3.05) is 18.0 Å². The molecule has 1 saturated heterocycles. The lowest BCUT2D eigenvalue weighted by Crippen LogP contribution is -2.37. The highest BCUT2D eigenvalue weighted by atomic mass is 79.9. The summed E-state index contributed by atoms with van der Waals surface area (Å²) in [6.45, 7) is 0.632. The van der Waals surface area contributed by atoms with Gasteiger partial charge in [-0.3, -0.25) is 4.79 Å². The van der Waals surface area contributed by atoms with Crippen LogP contribution in [0.4, 0.5) is 18.9 Å². The number of benzene rings is 1. The fraction of sp³-hybridized carbons (Fsp3) is 0.462. The van der Waals surface area contributed by atoms with E-state index in [1.165, 1.54) is 12.1 Å². The summed E-state index contributed by atoms with van der Waals surface area (Å²) in [6, 6.07) is 3.84. The second-order valence-electron chi connectivity index (χ2n) is 4.76. The fourth-order valence-corrected chi connectivity index (χ4v) is 2.72. The first-order chi connectivity index (χ1) is 9.29. The molecular weight excluding hydrogens is 339 g/mol. The number of carboxylic acids is 1. The van der Waals surface area contributed by atoms with Crippen LogP contribution in [-0.4, -0.2) is 24.2 Å². The van der Waals surface area contributed by atoms with Gasteiger partial charge >= 0.3 is 12.1 Å². The van der Waals surface area contributed by atoms with Crippen LogP contribution in [0.2, 0.25) is 0 Å². The average Bonchev–Trinajstić information content (AvgIpc) is 2.37. The highest BCUT2D eigenvalue weighted by molar-refractivity contribution is 9.10. The molecule has 0 saturated carbocycles. The first kappa shape index (κ1) is 15.2. The Morgan fingerprint density at radius 3 is 2.40 bits per heavy atom. The number of piperidine rings is 1. The van der Waals surface area contributed by atoms with Crippen LogP contribution in [0.25, 0.3) is 0 Å². The maximum Gasteiger partial charge on any atom is 0.418 e. The summed E-state index contributed by atoms with van der Waals surface area (Å²) >= 11 is 3.18. The van der Waals surface area contributed by atoms with Crippen molar-refractivity contribution in [2.24, 2.45) is 5.92 Å². The normalized spacial score (nSPS) is 17.3. The number of hydrogen-bond donors (Lipinski definition) is 1. The van der Waals surface area contributed by atoms with Crippen LogP contribution in [0.3, 0.4) is 0 Å². The largest absolute Gasteiger partial charge is 0.481 e. The molecule has 0 radical (unpaired) electrons. The molecule has 1 N–H and O–H groups in total. The number of alkyl halides is 3. The van der Waals surface area contributed by atoms with Crippen LogP contribution in [-0.2, 0) is 11.0 Å². The monoisotopic (exact) mass is 351 g/mol. The summed E-state index contributed by atoms with van der Waals surface area (Å²) in [4.78, 5) is 12.5. The third kappa shape index (κ3) is 3.26. The molecule has 1 fully saturated rings. The van der Waals surface area contributed by atoms with Gasteiger partial charge in [-0.05, 0) is 31.0 Å². The Morgan fingerprint density at radius 2 is 1.90 bits per heavy atom. The molecule has 0 amide bonds. The molecular formula is C13H13BrF3NO2. The van der Waals surface area contributed by atoms with Gasteiger partial charge in [0.25, 0.3) is 0 Å². The Balaban J connectivity index is 2.25. The molecule has 0 aromatic heterocycles. The Kier molecular flexibility index (Phi) is 4.27. The molecule has 2 rings (SSSR count). The predicted molar refractivity (Wildman–Crippen MR) is 71.7 cm³/mol. The van der Waals surface area contributed by atoms with Gasteiger partial charge in [-0.25, -0.2) is 0 Å². The SMILES string of the molecule is O=C(O)C1CCN(c2cc(Br)ccc2C(F)(F)F)CC1. The van der Waals surface area contributed by atoms with E-state index in [1.807, 2.05) is 0 Å². The standard InChI is InChI=1S/C13H13BrF3NO2/c14-9-1-2-10(13(15,16)17)11(7-9)18-5-3-8(4-6-18)12(19)20/h1-2,7-8H,3-6H2,(H,19,20). The second-order valence-corrected chi connectivity index (χ2v) is 5.67. The van der Waals surface area contributed by atoms with Gasteiger partial charge < -0.3 is 10.0 Å². The molecule has 20 heavy (non-hydrogen) atoms. The molecule has 3 nitrogen and oxygen atoms in total. The van der Waals surface area contributed by atoms with E-state index in [2.05, 4.69) is 15.9 Å². The van der Waals surface area contributed by atoms with Crippen LogP contribution < -0.4 is 4.90 Å². The van der Waals surface area contributed by atoms with Crippen LogP contribution in [0, 0.1) is 5.92 Å². The number of aliphatic carboxylic acids is 1. The highest BCUT2D eigenvalue weighted by Crippen LogP contribution is 2.39. The van der Waals surface area contributed by atoms with Gasteiger partial charge in [0.15, 0.2) is 0 Å². The van der Waals surface area contributed by atoms with Crippen LogP contribution in [0.1, 0.15) is 18.4 Å². The van der Waals surface area contributed by atoms with E-state index >= 15 is 0 Å². The summed E-state index contributed by atoms with van der Waals surface area (Å²) in [5, 5.41) is 8.92. The van der Waals surface area contributed by atoms with E-state index in [0.717, 1.165) is 6.07 Å². The van der Waals surface area contributed by atoms with Crippen molar-refractivity contribution in [1.82, 2.24) is 0 Å². The molecule has 0 bridgehead atoms. The van der Waals surface area contributed by atoms with Crippen molar-refractivity contribution in [3.8, 4) is 0 Å². The smallest absolute Gasteiger partial charge is 0.418 e. The predicted octanol–water partition coefficient (Wildman–Crippen LogP) is 3.77. The maximum atomic E-state index is 13.0. The number of nitrogens with zero attached hydrogens (tertiary/aromatic N) is 1. The van der Waals surface area contributed by atoms with E-state index in [0.29, 0.717) is 30.4 Å². The quantitative estimate of drug-likeness (QED) is 0.881. The molecule has 1 heterocycles. The van der Waals surface area contributed by atoms with Gasteiger partial charge in [0.05, 0.1) is 17.2 Å². The first-order valence-corrected chi connectivity index (χ1v) is 6.93. The van der Waals surface area contributed by atoms with Gasteiger partial charge in [-0.1, -0.05) is 15.9 Å². The highest BCUT2D eigenvalue weighted by Gasteiger charge is 2.36. The zero-order valence-corrected chi connectivity index (χ0v) is 12.0. The topological polar surface area (TPSA) is 40.5 Å². The lowest BCUT2D eigenvalue weighted by Gasteiger charge is -2.33. The Hall–Kier alpha value is -1.24. The zero-order chi connectivity index (χ0) is 14.9. The van der Waals surface area contributed by atoms with Gasteiger partial charge in [0.2, 0.25) is 0 Å². The van der Waals surface area contributed by atoms with E-state index in [-0.39, 0.29) is 5.69 Å². The van der Waals surface area contributed by atoms with Crippen molar-refractivity contribution in [3.05, 3.63) is 28.2 Å². The van der Waals surface area contributed by atoms with Crippen molar-refractivity contribution in [2.45, 2.75) is 19.0 Å². The zero-order valence-electron chi connectivity index (χ0n) is 10.5. The third-order valence-corrected chi connectivity index (χ3v) is 3.94. The summed E-state index contributed by atoms with van der Waals surface area (Å²) in [5.74, 6) is -1.34. The maximum absolute atomic E-state index is 13.0. The van der Waals surface area contributed by atoms with E-state index in [1.54, 1.807) is 4.90 Å². The van der Waals surface area contributed by atoms with Crippen molar-refractivity contribution in [3.63, 3.8) is 0 Å². The molecule has 1 aliphatic rings. The number of carboxylic acid groups (broad SMARTS) is 1.